The maximum absolute atomic E-state index is 10.5. The fourth-order valence-corrected chi connectivity index (χ4v) is 0.787. The number of unbranched alkanes of at least 4 members (excludes halogenated alkanes) is 2. The van der Waals surface area contributed by atoms with Gasteiger partial charge in [-0.2, -0.15) is 0 Å². The summed E-state index contributed by atoms with van der Waals surface area (Å²) in [5.74, 6) is -1.22. The summed E-state index contributed by atoms with van der Waals surface area (Å²) in [6, 6.07) is 0. The second kappa shape index (κ2) is 7.34. The van der Waals surface area contributed by atoms with Crippen LogP contribution in [0, 0.1) is 0 Å². The van der Waals surface area contributed by atoms with Crippen molar-refractivity contribution in [2.24, 2.45) is 0 Å². The van der Waals surface area contributed by atoms with Gasteiger partial charge in [-0.05, 0) is 19.3 Å². The van der Waals surface area contributed by atoms with E-state index in [2.05, 4.69) is 6.58 Å². The first kappa shape index (κ1) is 11.7. The number of carbonyl (C=O) groups excluding carboxylic acids is 1. The van der Waals surface area contributed by atoms with E-state index in [0.29, 0.717) is 19.4 Å². The lowest BCUT2D eigenvalue weighted by Gasteiger charge is -2.00. The van der Waals surface area contributed by atoms with Crippen LogP contribution in [0.4, 0.5) is 0 Å². The summed E-state index contributed by atoms with van der Waals surface area (Å²) in [5.41, 5.74) is 0. The van der Waals surface area contributed by atoms with E-state index in [1.165, 1.54) is 0 Å². The van der Waals surface area contributed by atoms with Crippen molar-refractivity contribution >= 4 is 11.9 Å². The molecule has 0 amide bonds. The van der Waals surface area contributed by atoms with Crippen molar-refractivity contribution < 1.29 is 19.4 Å². The Morgan fingerprint density at radius 1 is 1.31 bits per heavy atom. The van der Waals surface area contributed by atoms with Gasteiger partial charge in [0.25, 0.3) is 0 Å². The van der Waals surface area contributed by atoms with Gasteiger partial charge in [0.2, 0.25) is 0 Å². The van der Waals surface area contributed by atoms with Crippen LogP contribution in [0.15, 0.2) is 12.7 Å². The van der Waals surface area contributed by atoms with Crippen LogP contribution in [0.3, 0.4) is 0 Å². The van der Waals surface area contributed by atoms with Gasteiger partial charge in [-0.3, -0.25) is 4.79 Å². The summed E-state index contributed by atoms with van der Waals surface area (Å²) in [7, 11) is 0. The van der Waals surface area contributed by atoms with E-state index in [1.807, 2.05) is 0 Å². The van der Waals surface area contributed by atoms with Crippen LogP contribution in [0.5, 0.6) is 0 Å². The fraction of sp³-hybridized carbons (Fsp3) is 0.556. The molecule has 0 aromatic heterocycles. The van der Waals surface area contributed by atoms with Crippen molar-refractivity contribution in [1.29, 1.82) is 0 Å². The highest BCUT2D eigenvalue weighted by molar-refractivity contribution is 5.81. The topological polar surface area (TPSA) is 63.6 Å². The highest BCUT2D eigenvalue weighted by Crippen LogP contribution is 1.99. The molecule has 13 heavy (non-hydrogen) atoms. The first-order valence-electron chi connectivity index (χ1n) is 4.18. The Balaban J connectivity index is 3.12. The zero-order chi connectivity index (χ0) is 10.1. The third kappa shape index (κ3) is 8.59. The monoisotopic (exact) mass is 186 g/mol. The van der Waals surface area contributed by atoms with Gasteiger partial charge in [-0.25, -0.2) is 4.79 Å². The molecule has 0 fully saturated rings. The van der Waals surface area contributed by atoms with Gasteiger partial charge >= 0.3 is 11.9 Å². The molecule has 0 aliphatic heterocycles. The van der Waals surface area contributed by atoms with Crippen molar-refractivity contribution in [1.82, 2.24) is 0 Å². The summed E-state index contributed by atoms with van der Waals surface area (Å²) in [4.78, 5) is 20.6. The molecule has 1 N–H and O–H groups in total. The average Bonchev–Trinajstić information content (AvgIpc) is 2.10. The third-order valence-electron chi connectivity index (χ3n) is 1.45. The molecule has 0 spiro atoms. The predicted octanol–water partition coefficient (Wildman–Crippen LogP) is 1.36. The molecule has 0 atom stereocenters. The zero-order valence-electron chi connectivity index (χ0n) is 7.49. The SMILES string of the molecule is C=CC(=O)OCCCCCC(=O)O. The van der Waals surface area contributed by atoms with Crippen LogP contribution in [0.2, 0.25) is 0 Å². The third-order valence-corrected chi connectivity index (χ3v) is 1.45. The van der Waals surface area contributed by atoms with E-state index < -0.39 is 11.9 Å². The maximum Gasteiger partial charge on any atom is 0.330 e. The quantitative estimate of drug-likeness (QED) is 0.370. The van der Waals surface area contributed by atoms with Gasteiger partial charge in [0, 0.05) is 12.5 Å². The van der Waals surface area contributed by atoms with Crippen molar-refractivity contribution in [2.45, 2.75) is 25.7 Å². The van der Waals surface area contributed by atoms with Crippen molar-refractivity contribution in [2.75, 3.05) is 6.61 Å². The molecule has 0 bridgehead atoms. The molecule has 0 saturated heterocycles. The minimum atomic E-state index is -0.789. The average molecular weight is 186 g/mol. The largest absolute Gasteiger partial charge is 0.481 e. The molecular weight excluding hydrogens is 172 g/mol. The lowest BCUT2D eigenvalue weighted by molar-refractivity contribution is -0.139. The maximum atomic E-state index is 10.5. The van der Waals surface area contributed by atoms with E-state index in [9.17, 15) is 9.59 Å². The van der Waals surface area contributed by atoms with E-state index in [1.54, 1.807) is 0 Å². The molecule has 74 valence electrons. The highest BCUT2D eigenvalue weighted by atomic mass is 16.5. The number of carboxylic acids is 1. The zero-order valence-corrected chi connectivity index (χ0v) is 7.49. The fourth-order valence-electron chi connectivity index (χ4n) is 0.787. The van der Waals surface area contributed by atoms with Gasteiger partial charge in [0.05, 0.1) is 6.61 Å². The van der Waals surface area contributed by atoms with Crippen LogP contribution >= 0.6 is 0 Å². The molecule has 0 aromatic rings. The second-order valence-electron chi connectivity index (χ2n) is 2.58. The van der Waals surface area contributed by atoms with Gasteiger partial charge in [0.1, 0.15) is 0 Å². The number of hydrogen-bond donors (Lipinski definition) is 1. The normalized spacial score (nSPS) is 9.23. The molecule has 0 unspecified atom stereocenters. The van der Waals surface area contributed by atoms with Crippen LogP contribution in [0.1, 0.15) is 25.7 Å². The summed E-state index contributed by atoms with van der Waals surface area (Å²) >= 11 is 0. The Morgan fingerprint density at radius 3 is 2.54 bits per heavy atom. The van der Waals surface area contributed by atoms with Gasteiger partial charge in [0.15, 0.2) is 0 Å². The first-order chi connectivity index (χ1) is 6.16. The predicted molar refractivity (Wildman–Crippen MR) is 47.3 cm³/mol. The standard InChI is InChI=1S/C9H14O4/c1-2-9(12)13-7-5-3-4-6-8(10)11/h2H,1,3-7H2,(H,10,11). The molecule has 4 heteroatoms. The molecule has 0 radical (unpaired) electrons. The molecule has 0 rings (SSSR count). The number of aliphatic carboxylic acids is 1. The Kier molecular flexibility index (Phi) is 6.59. The summed E-state index contributed by atoms with van der Waals surface area (Å²) in [5, 5.41) is 8.30. The number of carbonyl (C=O) groups is 2. The molecule has 0 aliphatic carbocycles. The lowest BCUT2D eigenvalue weighted by Crippen LogP contribution is -2.02. The van der Waals surface area contributed by atoms with Gasteiger partial charge < -0.3 is 9.84 Å². The van der Waals surface area contributed by atoms with Crippen molar-refractivity contribution in [3.8, 4) is 0 Å². The minimum absolute atomic E-state index is 0.176. The molecule has 0 aliphatic rings. The van der Waals surface area contributed by atoms with E-state index in [4.69, 9.17) is 9.84 Å². The smallest absolute Gasteiger partial charge is 0.330 e. The van der Waals surface area contributed by atoms with Crippen LogP contribution in [-0.4, -0.2) is 23.7 Å². The van der Waals surface area contributed by atoms with Gasteiger partial charge in [-0.1, -0.05) is 6.58 Å². The number of esters is 1. The Bertz CT molecular complexity index is 186. The van der Waals surface area contributed by atoms with E-state index in [0.717, 1.165) is 12.5 Å². The lowest BCUT2D eigenvalue weighted by atomic mass is 10.2. The van der Waals surface area contributed by atoms with Crippen LogP contribution in [0.25, 0.3) is 0 Å². The molecule has 0 aromatic carbocycles. The Hall–Kier alpha value is -1.32. The summed E-state index contributed by atoms with van der Waals surface area (Å²) < 4.78 is 4.69. The number of hydrogen-bond acceptors (Lipinski definition) is 3. The summed E-state index contributed by atoms with van der Waals surface area (Å²) in [6.45, 7) is 3.58. The number of carboxylic acid groups (broad SMARTS) is 1. The molecule has 4 nitrogen and oxygen atoms in total. The first-order valence-corrected chi connectivity index (χ1v) is 4.18. The van der Waals surface area contributed by atoms with Gasteiger partial charge in [-0.15, -0.1) is 0 Å². The molecular formula is C9H14O4. The Labute approximate surface area is 77.2 Å². The van der Waals surface area contributed by atoms with E-state index >= 15 is 0 Å². The van der Waals surface area contributed by atoms with Crippen LogP contribution < -0.4 is 0 Å². The minimum Gasteiger partial charge on any atom is -0.481 e. The second-order valence-corrected chi connectivity index (χ2v) is 2.58. The van der Waals surface area contributed by atoms with E-state index in [-0.39, 0.29) is 6.42 Å². The number of ether oxygens (including phenoxy) is 1. The van der Waals surface area contributed by atoms with Crippen molar-refractivity contribution in [3.63, 3.8) is 0 Å². The Morgan fingerprint density at radius 2 is 2.00 bits per heavy atom. The highest BCUT2D eigenvalue weighted by Gasteiger charge is 1.97. The summed E-state index contributed by atoms with van der Waals surface area (Å²) in [6.07, 6.45) is 3.37. The van der Waals surface area contributed by atoms with Crippen molar-refractivity contribution in [3.05, 3.63) is 12.7 Å². The molecule has 0 saturated carbocycles. The number of rotatable bonds is 7. The molecule has 0 heterocycles. The van der Waals surface area contributed by atoms with Crippen LogP contribution in [-0.2, 0) is 14.3 Å².